The summed E-state index contributed by atoms with van der Waals surface area (Å²) in [7, 11) is -3.10. The molecule has 0 radical (unpaired) electrons. The molecule has 0 amide bonds. The van der Waals surface area contributed by atoms with E-state index < -0.39 is 14.6 Å². The van der Waals surface area contributed by atoms with E-state index in [1.54, 1.807) is 20.8 Å². The van der Waals surface area contributed by atoms with Gasteiger partial charge in [0.2, 0.25) is 0 Å². The molecule has 0 saturated heterocycles. The summed E-state index contributed by atoms with van der Waals surface area (Å²) in [5, 5.41) is 0. The van der Waals surface area contributed by atoms with Crippen LogP contribution in [-0.2, 0) is 16.4 Å². The molecule has 0 aliphatic heterocycles. The Morgan fingerprint density at radius 3 is 2.24 bits per heavy atom. The Hall–Kier alpha value is -1.07. The molecular formula is C16H28N2O2S. The standard InChI is InChI=1S/C16H28N2O2S/c1-13(2)18(10-11-21(19,20)16(3,4)5)12-14-8-6-7-9-15(14)17/h6-9,13H,10-12,17H2,1-5H3. The van der Waals surface area contributed by atoms with Crippen molar-refractivity contribution >= 4 is 15.5 Å². The molecule has 5 heteroatoms. The van der Waals surface area contributed by atoms with Crippen molar-refractivity contribution < 1.29 is 8.42 Å². The summed E-state index contributed by atoms with van der Waals surface area (Å²) < 4.78 is 23.8. The maximum atomic E-state index is 12.2. The second-order valence-electron chi connectivity index (χ2n) is 6.69. The minimum Gasteiger partial charge on any atom is -0.398 e. The second-order valence-corrected chi connectivity index (χ2v) is 9.56. The lowest BCUT2D eigenvalue weighted by atomic mass is 10.1. The Kier molecular flexibility index (Phi) is 5.82. The first-order valence-electron chi connectivity index (χ1n) is 7.34. The van der Waals surface area contributed by atoms with Crippen molar-refractivity contribution in [2.45, 2.75) is 52.0 Å². The van der Waals surface area contributed by atoms with Crippen molar-refractivity contribution in [3.63, 3.8) is 0 Å². The number of hydrogen-bond donors (Lipinski definition) is 1. The van der Waals surface area contributed by atoms with E-state index in [2.05, 4.69) is 18.7 Å². The third kappa shape index (κ3) is 5.00. The molecule has 0 fully saturated rings. The molecule has 4 nitrogen and oxygen atoms in total. The fourth-order valence-electron chi connectivity index (χ4n) is 1.96. The average molecular weight is 312 g/mol. The molecule has 120 valence electrons. The van der Waals surface area contributed by atoms with E-state index in [0.29, 0.717) is 13.1 Å². The Labute approximate surface area is 129 Å². The van der Waals surface area contributed by atoms with Gasteiger partial charge in [0.1, 0.15) is 0 Å². The molecule has 0 aromatic heterocycles. The number of para-hydroxylation sites is 1. The minimum atomic E-state index is -3.10. The molecule has 21 heavy (non-hydrogen) atoms. The van der Waals surface area contributed by atoms with Crippen LogP contribution < -0.4 is 5.73 Å². The van der Waals surface area contributed by atoms with Gasteiger partial charge in [-0.3, -0.25) is 4.90 Å². The van der Waals surface area contributed by atoms with Crippen molar-refractivity contribution in [1.29, 1.82) is 0 Å². The predicted molar refractivity (Wildman–Crippen MR) is 89.9 cm³/mol. The van der Waals surface area contributed by atoms with Crippen LogP contribution >= 0.6 is 0 Å². The van der Waals surface area contributed by atoms with Crippen LogP contribution in [0, 0.1) is 0 Å². The van der Waals surface area contributed by atoms with Crippen LogP contribution in [0.1, 0.15) is 40.2 Å². The largest absolute Gasteiger partial charge is 0.398 e. The van der Waals surface area contributed by atoms with E-state index in [0.717, 1.165) is 11.3 Å². The van der Waals surface area contributed by atoms with E-state index in [4.69, 9.17) is 5.73 Å². The van der Waals surface area contributed by atoms with Crippen molar-refractivity contribution in [2.24, 2.45) is 0 Å². The molecular weight excluding hydrogens is 284 g/mol. The van der Waals surface area contributed by atoms with Crippen LogP contribution in [-0.4, -0.2) is 36.4 Å². The van der Waals surface area contributed by atoms with Crippen LogP contribution in [0.3, 0.4) is 0 Å². The maximum absolute atomic E-state index is 12.2. The summed E-state index contributed by atoms with van der Waals surface area (Å²) in [6.45, 7) is 10.6. The lowest BCUT2D eigenvalue weighted by Crippen LogP contribution is -2.39. The number of rotatable bonds is 6. The lowest BCUT2D eigenvalue weighted by Gasteiger charge is -2.28. The summed E-state index contributed by atoms with van der Waals surface area (Å²) in [5.41, 5.74) is 7.77. The molecule has 0 atom stereocenters. The van der Waals surface area contributed by atoms with E-state index >= 15 is 0 Å². The fraction of sp³-hybridized carbons (Fsp3) is 0.625. The van der Waals surface area contributed by atoms with Crippen LogP contribution in [0.15, 0.2) is 24.3 Å². The molecule has 1 aromatic rings. The van der Waals surface area contributed by atoms with Gasteiger partial charge in [0, 0.05) is 24.8 Å². The number of sulfone groups is 1. The smallest absolute Gasteiger partial charge is 0.156 e. The Bertz CT molecular complexity index is 560. The molecule has 0 aliphatic rings. The van der Waals surface area contributed by atoms with E-state index in [-0.39, 0.29) is 11.8 Å². The summed E-state index contributed by atoms with van der Waals surface area (Å²) in [6.07, 6.45) is 0. The zero-order chi connectivity index (χ0) is 16.3. The van der Waals surface area contributed by atoms with Crippen molar-refractivity contribution in [2.75, 3.05) is 18.0 Å². The van der Waals surface area contributed by atoms with Crippen molar-refractivity contribution in [3.05, 3.63) is 29.8 Å². The first-order chi connectivity index (χ1) is 9.54. The topological polar surface area (TPSA) is 63.4 Å². The first kappa shape index (κ1) is 18.0. The molecule has 0 heterocycles. The molecule has 0 aliphatic carbocycles. The summed E-state index contributed by atoms with van der Waals surface area (Å²) in [6, 6.07) is 7.99. The highest BCUT2D eigenvalue weighted by Crippen LogP contribution is 2.18. The SMILES string of the molecule is CC(C)N(CCS(=O)(=O)C(C)(C)C)Cc1ccccc1N. The zero-order valence-electron chi connectivity index (χ0n) is 13.8. The number of nitrogen functional groups attached to an aromatic ring is 1. The van der Waals surface area contributed by atoms with Gasteiger partial charge in [0.05, 0.1) is 10.5 Å². The monoisotopic (exact) mass is 312 g/mol. The Morgan fingerprint density at radius 2 is 1.76 bits per heavy atom. The highest BCUT2D eigenvalue weighted by atomic mass is 32.2. The van der Waals surface area contributed by atoms with E-state index in [1.807, 2.05) is 24.3 Å². The van der Waals surface area contributed by atoms with Gasteiger partial charge < -0.3 is 5.73 Å². The van der Waals surface area contributed by atoms with Crippen molar-refractivity contribution in [3.8, 4) is 0 Å². The van der Waals surface area contributed by atoms with Gasteiger partial charge in [0.15, 0.2) is 9.84 Å². The number of anilines is 1. The summed E-state index contributed by atoms with van der Waals surface area (Å²) >= 11 is 0. The summed E-state index contributed by atoms with van der Waals surface area (Å²) in [5.74, 6) is 0.168. The molecule has 0 saturated carbocycles. The Balaban J connectivity index is 2.79. The van der Waals surface area contributed by atoms with Crippen molar-refractivity contribution in [1.82, 2.24) is 4.90 Å². The fourth-order valence-corrected chi connectivity index (χ4v) is 3.05. The second kappa shape index (κ2) is 6.79. The average Bonchev–Trinajstić information content (AvgIpc) is 2.34. The van der Waals surface area contributed by atoms with Gasteiger partial charge in [0.25, 0.3) is 0 Å². The van der Waals surface area contributed by atoms with E-state index in [1.165, 1.54) is 0 Å². The van der Waals surface area contributed by atoms with Gasteiger partial charge in [-0.05, 0) is 46.2 Å². The van der Waals surface area contributed by atoms with Crippen LogP contribution in [0.5, 0.6) is 0 Å². The van der Waals surface area contributed by atoms with E-state index in [9.17, 15) is 8.42 Å². The third-order valence-electron chi connectivity index (χ3n) is 3.74. The quantitative estimate of drug-likeness (QED) is 0.820. The number of nitrogens with zero attached hydrogens (tertiary/aromatic N) is 1. The molecule has 0 bridgehead atoms. The van der Waals surface area contributed by atoms with Gasteiger partial charge >= 0.3 is 0 Å². The highest BCUT2D eigenvalue weighted by molar-refractivity contribution is 7.92. The summed E-state index contributed by atoms with van der Waals surface area (Å²) in [4.78, 5) is 2.15. The van der Waals surface area contributed by atoms with Gasteiger partial charge in [-0.1, -0.05) is 18.2 Å². The van der Waals surface area contributed by atoms with Crippen LogP contribution in [0.4, 0.5) is 5.69 Å². The highest BCUT2D eigenvalue weighted by Gasteiger charge is 2.29. The lowest BCUT2D eigenvalue weighted by molar-refractivity contribution is 0.226. The molecule has 1 rings (SSSR count). The Morgan fingerprint density at radius 1 is 1.19 bits per heavy atom. The number of nitrogens with two attached hydrogens (primary N) is 1. The van der Waals surface area contributed by atoms with Gasteiger partial charge in [-0.15, -0.1) is 0 Å². The van der Waals surface area contributed by atoms with Gasteiger partial charge in [-0.2, -0.15) is 0 Å². The predicted octanol–water partition coefficient (Wildman–Crippen LogP) is 2.69. The number of hydrogen-bond acceptors (Lipinski definition) is 4. The molecule has 0 unspecified atom stereocenters. The van der Waals surface area contributed by atoms with Gasteiger partial charge in [-0.25, -0.2) is 8.42 Å². The molecule has 0 spiro atoms. The minimum absolute atomic E-state index is 0.168. The van der Waals surface area contributed by atoms with Crippen LogP contribution in [0.25, 0.3) is 0 Å². The number of benzene rings is 1. The maximum Gasteiger partial charge on any atom is 0.156 e. The normalized spacial score (nSPS) is 13.1. The first-order valence-corrected chi connectivity index (χ1v) is 8.99. The zero-order valence-corrected chi connectivity index (χ0v) is 14.6. The van der Waals surface area contributed by atoms with Crippen LogP contribution in [0.2, 0.25) is 0 Å². The third-order valence-corrected chi connectivity index (χ3v) is 6.33. The molecule has 2 N–H and O–H groups in total. The molecule has 1 aromatic carbocycles.